The van der Waals surface area contributed by atoms with Gasteiger partial charge in [0.15, 0.2) is 11.6 Å². The number of nitrogens with one attached hydrogen (secondary N) is 2. The van der Waals surface area contributed by atoms with Gasteiger partial charge in [-0.1, -0.05) is 45.0 Å². The largest absolute Gasteiger partial charge is 0.494 e. The van der Waals surface area contributed by atoms with Crippen LogP contribution >= 0.6 is 0 Å². The van der Waals surface area contributed by atoms with Crippen molar-refractivity contribution in [3.8, 4) is 5.75 Å². The Balaban J connectivity index is 1.56. The molecule has 0 radical (unpaired) electrons. The minimum Gasteiger partial charge on any atom is -0.494 e. The summed E-state index contributed by atoms with van der Waals surface area (Å²) >= 11 is 0. The first kappa shape index (κ1) is 24.1. The summed E-state index contributed by atoms with van der Waals surface area (Å²) in [6.07, 6.45) is 3.26. The molecule has 0 aliphatic heterocycles. The van der Waals surface area contributed by atoms with Crippen LogP contribution in [0.5, 0.6) is 5.75 Å². The Labute approximate surface area is 213 Å². The fraction of sp³-hybridized carbons (Fsp3) is 0.355. The number of benzene rings is 3. The molecule has 0 amide bonds. The van der Waals surface area contributed by atoms with Crippen molar-refractivity contribution in [2.75, 3.05) is 17.2 Å². The van der Waals surface area contributed by atoms with Gasteiger partial charge in [0.05, 0.1) is 23.4 Å². The van der Waals surface area contributed by atoms with Crippen LogP contribution in [0.25, 0.3) is 0 Å². The molecular formula is C31H34N2O3. The molecule has 2 unspecified atom stereocenters. The third-order valence-corrected chi connectivity index (χ3v) is 7.27. The van der Waals surface area contributed by atoms with E-state index in [1.54, 1.807) is 12.1 Å². The second-order valence-electron chi connectivity index (χ2n) is 11.0. The van der Waals surface area contributed by atoms with Gasteiger partial charge in [-0.2, -0.15) is 0 Å². The molecule has 0 bridgehead atoms. The molecule has 2 atom stereocenters. The topological polar surface area (TPSA) is 67.4 Å². The lowest BCUT2D eigenvalue weighted by atomic mass is 9.70. The highest BCUT2D eigenvalue weighted by Gasteiger charge is 2.36. The van der Waals surface area contributed by atoms with E-state index in [0.29, 0.717) is 40.5 Å². The molecule has 2 aliphatic rings. The molecule has 5 rings (SSSR count). The standard InChI is InChI=1S/C31H34N2O3/c1-5-36-22-12-10-20(11-13-22)32-25-14-15-26(33-21-16-19(2)17-31(3,4)18-21)28-27(25)29(34)23-8-6-7-9-24(23)30(28)35/h6-15,19,21,32-33H,5,16-18H2,1-4H3. The summed E-state index contributed by atoms with van der Waals surface area (Å²) in [5, 5.41) is 7.05. The number of carbonyl (C=O) groups excluding carboxylic acids is 2. The van der Waals surface area contributed by atoms with E-state index < -0.39 is 0 Å². The van der Waals surface area contributed by atoms with Gasteiger partial charge < -0.3 is 15.4 Å². The quantitative estimate of drug-likeness (QED) is 0.303. The molecule has 0 spiro atoms. The molecule has 3 aromatic rings. The Kier molecular flexibility index (Phi) is 6.33. The summed E-state index contributed by atoms with van der Waals surface area (Å²) in [6, 6.07) is 18.8. The fourth-order valence-corrected chi connectivity index (χ4v) is 6.08. The molecule has 5 nitrogen and oxygen atoms in total. The monoisotopic (exact) mass is 482 g/mol. The summed E-state index contributed by atoms with van der Waals surface area (Å²) in [4.78, 5) is 27.6. The van der Waals surface area contributed by atoms with Crippen LogP contribution in [0.4, 0.5) is 17.1 Å². The second-order valence-corrected chi connectivity index (χ2v) is 11.0. The van der Waals surface area contributed by atoms with Crippen LogP contribution in [0.1, 0.15) is 78.8 Å². The van der Waals surface area contributed by atoms with Crippen molar-refractivity contribution in [3.05, 3.63) is 82.9 Å². The number of fused-ring (bicyclic) bond motifs is 2. The van der Waals surface area contributed by atoms with Crippen molar-refractivity contribution >= 4 is 28.6 Å². The fourth-order valence-electron chi connectivity index (χ4n) is 6.08. The van der Waals surface area contributed by atoms with Crippen LogP contribution in [0, 0.1) is 11.3 Å². The Morgan fingerprint density at radius 1 is 0.861 bits per heavy atom. The van der Waals surface area contributed by atoms with Gasteiger partial charge in [0.1, 0.15) is 5.75 Å². The van der Waals surface area contributed by atoms with Gasteiger partial charge in [-0.15, -0.1) is 0 Å². The molecule has 36 heavy (non-hydrogen) atoms. The number of carbonyl (C=O) groups is 2. The van der Waals surface area contributed by atoms with Gasteiger partial charge in [0.2, 0.25) is 0 Å². The maximum atomic E-state index is 13.8. The van der Waals surface area contributed by atoms with Gasteiger partial charge in [-0.05, 0) is 73.9 Å². The SMILES string of the molecule is CCOc1ccc(Nc2ccc(NC3CC(C)CC(C)(C)C3)c3c2C(=O)c2ccccc2C3=O)cc1. The molecule has 1 fully saturated rings. The van der Waals surface area contributed by atoms with E-state index in [2.05, 4.69) is 31.4 Å². The van der Waals surface area contributed by atoms with Crippen molar-refractivity contribution in [1.29, 1.82) is 0 Å². The third-order valence-electron chi connectivity index (χ3n) is 7.27. The van der Waals surface area contributed by atoms with Crippen LogP contribution < -0.4 is 15.4 Å². The van der Waals surface area contributed by atoms with E-state index in [0.717, 1.165) is 30.0 Å². The maximum absolute atomic E-state index is 13.8. The van der Waals surface area contributed by atoms with Gasteiger partial charge in [-0.3, -0.25) is 9.59 Å². The number of rotatable bonds is 6. The average molecular weight is 483 g/mol. The smallest absolute Gasteiger partial charge is 0.196 e. The molecular weight excluding hydrogens is 448 g/mol. The first-order valence-corrected chi connectivity index (χ1v) is 12.9. The van der Waals surface area contributed by atoms with E-state index in [-0.39, 0.29) is 23.0 Å². The van der Waals surface area contributed by atoms with Crippen LogP contribution in [-0.2, 0) is 0 Å². The zero-order chi connectivity index (χ0) is 25.4. The van der Waals surface area contributed by atoms with E-state index >= 15 is 0 Å². The van der Waals surface area contributed by atoms with Crippen molar-refractivity contribution in [3.63, 3.8) is 0 Å². The van der Waals surface area contributed by atoms with Gasteiger partial charge in [-0.25, -0.2) is 0 Å². The summed E-state index contributed by atoms with van der Waals surface area (Å²) in [6.45, 7) is 9.45. The molecule has 0 saturated heterocycles. The summed E-state index contributed by atoms with van der Waals surface area (Å²) in [7, 11) is 0. The summed E-state index contributed by atoms with van der Waals surface area (Å²) < 4.78 is 5.55. The van der Waals surface area contributed by atoms with E-state index in [1.807, 2.05) is 55.5 Å². The first-order valence-electron chi connectivity index (χ1n) is 12.9. The minimum atomic E-state index is -0.130. The van der Waals surface area contributed by atoms with Gasteiger partial charge in [0.25, 0.3) is 0 Å². The lowest BCUT2D eigenvalue weighted by Gasteiger charge is -2.40. The Hall–Kier alpha value is -3.60. The van der Waals surface area contributed by atoms with Crippen molar-refractivity contribution < 1.29 is 14.3 Å². The molecule has 0 aromatic heterocycles. The predicted molar refractivity (Wildman–Crippen MR) is 145 cm³/mol. The van der Waals surface area contributed by atoms with Crippen LogP contribution in [0.15, 0.2) is 60.7 Å². The Morgan fingerprint density at radius 2 is 1.47 bits per heavy atom. The lowest BCUT2D eigenvalue weighted by Crippen LogP contribution is -2.36. The second kappa shape index (κ2) is 9.45. The highest BCUT2D eigenvalue weighted by Crippen LogP contribution is 2.42. The molecule has 2 N–H and O–H groups in total. The number of hydrogen-bond donors (Lipinski definition) is 2. The number of hydrogen-bond acceptors (Lipinski definition) is 5. The first-order chi connectivity index (χ1) is 17.3. The highest BCUT2D eigenvalue weighted by atomic mass is 16.5. The van der Waals surface area contributed by atoms with Gasteiger partial charge >= 0.3 is 0 Å². The van der Waals surface area contributed by atoms with E-state index in [1.165, 1.54) is 6.42 Å². The van der Waals surface area contributed by atoms with Crippen LogP contribution in [0.3, 0.4) is 0 Å². The van der Waals surface area contributed by atoms with Gasteiger partial charge in [0, 0.05) is 28.5 Å². The molecule has 3 aromatic carbocycles. The molecule has 5 heteroatoms. The normalized spacial score (nSPS) is 20.3. The number of ketones is 2. The van der Waals surface area contributed by atoms with E-state index in [4.69, 9.17) is 4.74 Å². The average Bonchev–Trinajstić information content (AvgIpc) is 2.83. The van der Waals surface area contributed by atoms with E-state index in [9.17, 15) is 9.59 Å². The minimum absolute atomic E-state index is 0.110. The molecule has 0 heterocycles. The van der Waals surface area contributed by atoms with Crippen molar-refractivity contribution in [1.82, 2.24) is 0 Å². The predicted octanol–water partition coefficient (Wildman–Crippen LogP) is 7.23. The maximum Gasteiger partial charge on any atom is 0.196 e. The zero-order valence-corrected chi connectivity index (χ0v) is 21.5. The molecule has 2 aliphatic carbocycles. The summed E-state index contributed by atoms with van der Waals surface area (Å²) in [5.41, 5.74) is 4.24. The third kappa shape index (κ3) is 4.62. The Bertz CT molecular complexity index is 1310. The highest BCUT2D eigenvalue weighted by molar-refractivity contribution is 6.32. The van der Waals surface area contributed by atoms with Crippen LogP contribution in [-0.4, -0.2) is 24.2 Å². The lowest BCUT2D eigenvalue weighted by molar-refractivity contribution is 0.0980. The molecule has 186 valence electrons. The van der Waals surface area contributed by atoms with Crippen LogP contribution in [0.2, 0.25) is 0 Å². The number of anilines is 3. The zero-order valence-electron chi connectivity index (χ0n) is 21.5. The number of ether oxygens (including phenoxy) is 1. The molecule has 1 saturated carbocycles. The summed E-state index contributed by atoms with van der Waals surface area (Å²) in [5.74, 6) is 1.14. The van der Waals surface area contributed by atoms with Crippen molar-refractivity contribution in [2.24, 2.45) is 11.3 Å². The van der Waals surface area contributed by atoms with Crippen molar-refractivity contribution in [2.45, 2.75) is 53.0 Å². The Morgan fingerprint density at radius 3 is 2.08 bits per heavy atom.